The van der Waals surface area contributed by atoms with Crippen molar-refractivity contribution >= 4 is 38.2 Å². The molecule has 7 aromatic rings. The molecule has 1 unspecified atom stereocenters. The minimum atomic E-state index is -1.83. The van der Waals surface area contributed by atoms with Crippen LogP contribution in [0.3, 0.4) is 0 Å². The number of fused-ring (bicyclic) bond motifs is 6. The molecule has 4 atom stereocenters. The number of nitriles is 1. The normalized spacial score (nSPS) is 16.4. The molecule has 1 fully saturated rings. The monoisotopic (exact) mass is 1380 g/mol. The third-order valence-electron chi connectivity index (χ3n) is 17.3. The quantitative estimate of drug-likeness (QED) is 0.0142. The van der Waals surface area contributed by atoms with Gasteiger partial charge >= 0.3 is 23.6 Å². The van der Waals surface area contributed by atoms with Crippen molar-refractivity contribution in [3.8, 4) is 40.6 Å². The fourth-order valence-corrected chi connectivity index (χ4v) is 13.9. The maximum absolute atomic E-state index is 14.0. The molecular formula is C76H85N6O17P. The van der Waals surface area contributed by atoms with Gasteiger partial charge in [-0.1, -0.05) is 54.6 Å². The summed E-state index contributed by atoms with van der Waals surface area (Å²) in [6, 6.07) is 41.1. The molecule has 4 heterocycles. The Morgan fingerprint density at radius 1 is 0.720 bits per heavy atom. The highest BCUT2D eigenvalue weighted by atomic mass is 31.2. The number of hydrogen-bond donors (Lipinski definition) is 3. The van der Waals surface area contributed by atoms with Crippen LogP contribution in [0.1, 0.15) is 161 Å². The SMILES string of the molecule is COc1ccc(C(OC[C@H]2O[C@@H](c3cn(CCC(=O)NCCCNC(=O)c4ccc5c(c4)C4(OC5=O)c5ccc(OC(=O)C(C)(C)C)cc5Oc5cc(OC(=O)C(C)(C)C)ccc54)c(=O)[nH]c3=O)C[C@@H]2OP(OCCC#N)N(C(C)C)C(C)C)(c2ccccc2)c2ccc(OC)cc2)cc1. The number of hydrogen-bond acceptors (Lipinski definition) is 19. The van der Waals surface area contributed by atoms with Crippen molar-refractivity contribution in [2.75, 3.05) is 40.5 Å². The number of ether oxygens (including phenoxy) is 8. The molecule has 6 aromatic carbocycles. The second kappa shape index (κ2) is 30.9. The molecule has 100 heavy (non-hydrogen) atoms. The Balaban J connectivity index is 0.838. The average Bonchev–Trinajstić information content (AvgIpc) is 1.34. The van der Waals surface area contributed by atoms with E-state index in [9.17, 15) is 38.8 Å². The summed E-state index contributed by atoms with van der Waals surface area (Å²) in [6.45, 7) is 18.6. The number of carbonyl (C=O) groups excluding carboxylic acids is 5. The Kier molecular flexibility index (Phi) is 22.6. The third-order valence-corrected chi connectivity index (χ3v) is 19.5. The number of rotatable bonds is 27. The summed E-state index contributed by atoms with van der Waals surface area (Å²) in [5, 5.41) is 15.3. The van der Waals surface area contributed by atoms with Crippen molar-refractivity contribution in [3.05, 3.63) is 211 Å². The van der Waals surface area contributed by atoms with Gasteiger partial charge in [0.2, 0.25) is 5.91 Å². The zero-order chi connectivity index (χ0) is 71.8. The number of aryl methyl sites for hydroxylation is 1. The van der Waals surface area contributed by atoms with Crippen LogP contribution in [-0.4, -0.2) is 109 Å². The van der Waals surface area contributed by atoms with Crippen LogP contribution in [0.2, 0.25) is 0 Å². The first-order chi connectivity index (χ1) is 47.7. The molecule has 526 valence electrons. The van der Waals surface area contributed by atoms with Crippen LogP contribution in [-0.2, 0) is 55.4 Å². The molecule has 1 saturated heterocycles. The molecule has 1 aromatic heterocycles. The van der Waals surface area contributed by atoms with Gasteiger partial charge in [0, 0.05) is 85.1 Å². The minimum absolute atomic E-state index is 0.0417. The van der Waals surface area contributed by atoms with E-state index >= 15 is 0 Å². The van der Waals surface area contributed by atoms with E-state index in [0.717, 1.165) is 16.7 Å². The van der Waals surface area contributed by atoms with Crippen LogP contribution < -0.4 is 45.6 Å². The van der Waals surface area contributed by atoms with Gasteiger partial charge in [0.1, 0.15) is 46.2 Å². The van der Waals surface area contributed by atoms with Gasteiger partial charge in [0.25, 0.3) is 20.0 Å². The van der Waals surface area contributed by atoms with Gasteiger partial charge in [0.15, 0.2) is 5.60 Å². The highest BCUT2D eigenvalue weighted by Crippen LogP contribution is 2.58. The molecular weight excluding hydrogens is 1300 g/mol. The first-order valence-electron chi connectivity index (χ1n) is 33.3. The largest absolute Gasteiger partial charge is 0.497 e. The van der Waals surface area contributed by atoms with Crippen molar-refractivity contribution in [1.82, 2.24) is 24.9 Å². The Labute approximate surface area is 582 Å². The number of H-pyrrole nitrogens is 1. The summed E-state index contributed by atoms with van der Waals surface area (Å²) >= 11 is 0. The van der Waals surface area contributed by atoms with Crippen molar-refractivity contribution in [1.29, 1.82) is 5.26 Å². The summed E-state index contributed by atoms with van der Waals surface area (Å²) in [7, 11) is 1.36. The fraction of sp³-hybridized carbons (Fsp3) is 0.395. The van der Waals surface area contributed by atoms with Gasteiger partial charge in [-0.2, -0.15) is 5.26 Å². The minimum Gasteiger partial charge on any atom is -0.497 e. The molecule has 2 amide bonds. The van der Waals surface area contributed by atoms with E-state index in [4.69, 9.17) is 46.9 Å². The van der Waals surface area contributed by atoms with Gasteiger partial charge < -0.3 is 57.6 Å². The van der Waals surface area contributed by atoms with Gasteiger partial charge in [0.05, 0.1) is 74.1 Å². The lowest BCUT2D eigenvalue weighted by Crippen LogP contribution is -2.39. The number of amides is 2. The van der Waals surface area contributed by atoms with Crippen molar-refractivity contribution in [2.24, 2.45) is 10.8 Å². The molecule has 3 aliphatic rings. The third kappa shape index (κ3) is 15.9. The number of aromatic nitrogens is 2. The standard InChI is InChI=1S/C76H85N6O17P/c1-46(2)82(47(3)4)100(93-39-16-35-77)99-64-43-61(96-65(64)45-92-75(49-18-14-13-15-19-49,50-21-25-52(90-11)26-22-50)51-23-27-53(91-12)28-24-51)57-44-81(72(89)80-68(57)85)38-34-66(83)78-36-17-37-79-67(84)48-20-31-56-60(40-48)76(98-69(56)86)58-32-29-54(94-70(87)73(5,6)7)41-62(58)97-63-42-55(30-33-59(63)76)95-71(88)74(8,9)10/h13-15,18-33,40-42,44,46-47,61,64-65H,16-17,34,36-39,43,45H2,1-12H3,(H,78,83)(H,79,84)(H,80,85,89)/t61-,64+,65-,100?/m1/s1. The molecule has 0 saturated carbocycles. The van der Waals surface area contributed by atoms with Crippen LogP contribution in [0.4, 0.5) is 0 Å². The number of methoxy groups -OCH3 is 2. The number of aromatic amines is 1. The summed E-state index contributed by atoms with van der Waals surface area (Å²) in [5.74, 6) is -0.573. The molecule has 0 bridgehead atoms. The molecule has 1 spiro atoms. The Morgan fingerprint density at radius 2 is 1.28 bits per heavy atom. The predicted octanol–water partition coefficient (Wildman–Crippen LogP) is 11.9. The van der Waals surface area contributed by atoms with Crippen LogP contribution in [0.15, 0.2) is 149 Å². The number of nitrogens with one attached hydrogen (secondary N) is 3. The van der Waals surface area contributed by atoms with E-state index in [-0.39, 0.29) is 104 Å². The number of esters is 3. The maximum Gasteiger partial charge on any atom is 0.340 e. The Bertz CT molecular complexity index is 4170. The van der Waals surface area contributed by atoms with Crippen LogP contribution in [0.25, 0.3) is 0 Å². The van der Waals surface area contributed by atoms with E-state index in [1.165, 1.54) is 35.0 Å². The Morgan fingerprint density at radius 3 is 1.83 bits per heavy atom. The van der Waals surface area contributed by atoms with E-state index in [0.29, 0.717) is 34.6 Å². The maximum atomic E-state index is 14.0. The lowest BCUT2D eigenvalue weighted by molar-refractivity contribution is -0.143. The van der Waals surface area contributed by atoms with E-state index in [1.54, 1.807) is 86.1 Å². The van der Waals surface area contributed by atoms with Crippen molar-refractivity contribution < 1.29 is 70.9 Å². The summed E-state index contributed by atoms with van der Waals surface area (Å²) in [4.78, 5) is 97.5. The van der Waals surface area contributed by atoms with Gasteiger partial charge in [-0.05, 0) is 159 Å². The van der Waals surface area contributed by atoms with Crippen LogP contribution in [0.5, 0.6) is 34.5 Å². The van der Waals surface area contributed by atoms with E-state index in [2.05, 4.69) is 26.4 Å². The first kappa shape index (κ1) is 73.2. The first-order valence-corrected chi connectivity index (χ1v) is 34.4. The summed E-state index contributed by atoms with van der Waals surface area (Å²) < 4.78 is 66.5. The fourth-order valence-electron chi connectivity index (χ4n) is 12.2. The second-order valence-corrected chi connectivity index (χ2v) is 28.6. The topological polar surface area (TPSA) is 284 Å². The van der Waals surface area contributed by atoms with Crippen molar-refractivity contribution in [3.63, 3.8) is 0 Å². The lowest BCUT2D eigenvalue weighted by atomic mass is 9.77. The average molecular weight is 1390 g/mol. The highest BCUT2D eigenvalue weighted by molar-refractivity contribution is 7.44. The number of carbonyl (C=O) groups is 5. The molecule has 0 radical (unpaired) electrons. The van der Waals surface area contributed by atoms with E-state index < -0.39 is 89.8 Å². The predicted molar refractivity (Wildman–Crippen MR) is 371 cm³/mol. The smallest absolute Gasteiger partial charge is 0.340 e. The number of benzene rings is 6. The molecule has 10 rings (SSSR count). The highest BCUT2D eigenvalue weighted by Gasteiger charge is 2.54. The lowest BCUT2D eigenvalue weighted by Gasteiger charge is -2.39. The van der Waals surface area contributed by atoms with Crippen LogP contribution in [0, 0.1) is 22.2 Å². The Hall–Kier alpha value is -9.53. The van der Waals surface area contributed by atoms with Gasteiger partial charge in [-0.25, -0.2) is 14.3 Å². The van der Waals surface area contributed by atoms with Crippen LogP contribution >= 0.6 is 8.53 Å². The van der Waals surface area contributed by atoms with Gasteiger partial charge in [-0.3, -0.25) is 33.5 Å². The molecule has 3 N–H and O–H groups in total. The molecule has 23 nitrogen and oxygen atoms in total. The van der Waals surface area contributed by atoms with E-state index in [1.807, 2.05) is 107 Å². The molecule has 24 heteroatoms. The zero-order valence-electron chi connectivity index (χ0n) is 58.3. The zero-order valence-corrected chi connectivity index (χ0v) is 59.2. The van der Waals surface area contributed by atoms with Gasteiger partial charge in [-0.15, -0.1) is 0 Å². The summed E-state index contributed by atoms with van der Waals surface area (Å²) in [5.41, 5.74) is -2.08. The number of nitrogens with zero attached hydrogens (tertiary/aromatic N) is 3. The summed E-state index contributed by atoms with van der Waals surface area (Å²) in [6.07, 6.45) is -0.761. The second-order valence-electron chi connectivity index (χ2n) is 27.2. The van der Waals surface area contributed by atoms with Crippen molar-refractivity contribution in [2.45, 2.75) is 143 Å². The molecule has 0 aliphatic carbocycles. The molecule has 3 aliphatic heterocycles.